The number of rotatable bonds is 5. The van der Waals surface area contributed by atoms with Gasteiger partial charge in [-0.1, -0.05) is 11.6 Å². The van der Waals surface area contributed by atoms with Crippen LogP contribution >= 0.6 is 11.6 Å². The molecule has 2 rings (SSSR count). The third-order valence-corrected chi connectivity index (χ3v) is 6.86. The molecule has 1 fully saturated rings. The molecular weight excluding hydrogens is 385 g/mol. The van der Waals surface area contributed by atoms with Gasteiger partial charge in [0, 0.05) is 6.07 Å². The third kappa shape index (κ3) is 4.38. The van der Waals surface area contributed by atoms with E-state index in [4.69, 9.17) is 21.4 Å². The lowest BCUT2D eigenvalue weighted by Gasteiger charge is -2.19. The highest BCUT2D eigenvalue weighted by atomic mass is 35.5. The van der Waals surface area contributed by atoms with E-state index in [1.807, 2.05) is 0 Å². The fourth-order valence-corrected chi connectivity index (χ4v) is 5.06. The molecule has 140 valence electrons. The van der Waals surface area contributed by atoms with Gasteiger partial charge < -0.3 is 9.84 Å². The summed E-state index contributed by atoms with van der Waals surface area (Å²) in [5.74, 6) is -1.98. The largest absolute Gasteiger partial charge is 0.481 e. The molecule has 0 spiro atoms. The lowest BCUT2D eigenvalue weighted by atomic mass is 10.1. The molecule has 0 saturated heterocycles. The fourth-order valence-electron chi connectivity index (χ4n) is 2.68. The topological polar surface area (TPSA) is 80.7 Å². The van der Waals surface area contributed by atoms with Gasteiger partial charge in [-0.25, -0.2) is 8.42 Å². The van der Waals surface area contributed by atoms with E-state index in [1.165, 1.54) is 0 Å². The van der Waals surface area contributed by atoms with Crippen molar-refractivity contribution in [3.63, 3.8) is 0 Å². The highest BCUT2D eigenvalue weighted by molar-refractivity contribution is 7.92. The number of hydrogen-bond donors (Lipinski definition) is 1. The molecule has 1 aliphatic carbocycles. The Labute approximate surface area is 147 Å². The van der Waals surface area contributed by atoms with Gasteiger partial charge in [-0.15, -0.1) is 0 Å². The predicted octanol–water partition coefficient (Wildman–Crippen LogP) is 3.70. The summed E-state index contributed by atoms with van der Waals surface area (Å²) in [6, 6.07) is 3.20. The SMILES string of the molecule is C[C@H](Oc1ccc(S(=O)(=O)[C@H]2CC[C@H](C(=O)O)C2)c(Cl)c1)C(F)(F)F. The Bertz CT molecular complexity index is 763. The minimum Gasteiger partial charge on any atom is -0.481 e. The van der Waals surface area contributed by atoms with Gasteiger partial charge in [-0.3, -0.25) is 4.79 Å². The maximum absolute atomic E-state index is 12.6. The van der Waals surface area contributed by atoms with Crippen LogP contribution < -0.4 is 4.74 Å². The number of hydrogen-bond acceptors (Lipinski definition) is 4. The summed E-state index contributed by atoms with van der Waals surface area (Å²) in [5, 5.41) is 7.84. The third-order valence-electron chi connectivity index (χ3n) is 4.16. The number of carbonyl (C=O) groups is 1. The number of alkyl halides is 3. The van der Waals surface area contributed by atoms with Crippen LogP contribution in [0.4, 0.5) is 13.2 Å². The Morgan fingerprint density at radius 1 is 1.36 bits per heavy atom. The first kappa shape index (κ1) is 19.8. The van der Waals surface area contributed by atoms with E-state index in [0.717, 1.165) is 25.1 Å². The van der Waals surface area contributed by atoms with E-state index >= 15 is 0 Å². The van der Waals surface area contributed by atoms with Gasteiger partial charge in [-0.2, -0.15) is 13.2 Å². The number of ether oxygens (including phenoxy) is 1. The maximum atomic E-state index is 12.6. The van der Waals surface area contributed by atoms with Crippen LogP contribution in [0.3, 0.4) is 0 Å². The van der Waals surface area contributed by atoms with E-state index in [0.29, 0.717) is 0 Å². The minimum atomic E-state index is -4.56. The van der Waals surface area contributed by atoms with Crippen molar-refractivity contribution in [2.45, 2.75) is 48.6 Å². The summed E-state index contributed by atoms with van der Waals surface area (Å²) in [7, 11) is -3.88. The summed E-state index contributed by atoms with van der Waals surface area (Å²) in [4.78, 5) is 10.7. The number of benzene rings is 1. The van der Waals surface area contributed by atoms with E-state index < -0.39 is 39.3 Å². The Morgan fingerprint density at radius 3 is 2.48 bits per heavy atom. The number of sulfone groups is 1. The first-order valence-corrected chi connectivity index (χ1v) is 9.35. The van der Waals surface area contributed by atoms with E-state index in [2.05, 4.69) is 0 Å². The van der Waals surface area contributed by atoms with Crippen LogP contribution in [0.15, 0.2) is 23.1 Å². The van der Waals surface area contributed by atoms with Crippen molar-refractivity contribution in [3.05, 3.63) is 23.2 Å². The molecule has 1 saturated carbocycles. The average Bonchev–Trinajstić information content (AvgIpc) is 2.96. The van der Waals surface area contributed by atoms with E-state index in [9.17, 15) is 26.4 Å². The predicted molar refractivity (Wildman–Crippen MR) is 83.5 cm³/mol. The zero-order chi connectivity index (χ0) is 19.0. The second-order valence-corrected chi connectivity index (χ2v) is 8.51. The Morgan fingerprint density at radius 2 is 2.00 bits per heavy atom. The number of carboxylic acids is 1. The molecule has 0 aliphatic heterocycles. The van der Waals surface area contributed by atoms with Gasteiger partial charge in [0.25, 0.3) is 0 Å². The van der Waals surface area contributed by atoms with Gasteiger partial charge >= 0.3 is 12.1 Å². The van der Waals surface area contributed by atoms with Crippen LogP contribution in [-0.2, 0) is 14.6 Å². The number of aliphatic carboxylic acids is 1. The summed E-state index contributed by atoms with van der Waals surface area (Å²) in [5.41, 5.74) is 0. The van der Waals surface area contributed by atoms with Crippen LogP contribution in [0.5, 0.6) is 5.75 Å². The van der Waals surface area contributed by atoms with Gasteiger partial charge in [0.2, 0.25) is 0 Å². The van der Waals surface area contributed by atoms with Crippen molar-refractivity contribution in [2.24, 2.45) is 5.92 Å². The van der Waals surface area contributed by atoms with Crippen molar-refractivity contribution < 1.29 is 36.2 Å². The summed E-state index contributed by atoms with van der Waals surface area (Å²) in [6.45, 7) is 0.823. The number of carboxylic acid groups (broad SMARTS) is 1. The highest BCUT2D eigenvalue weighted by Gasteiger charge is 2.40. The first-order valence-electron chi connectivity index (χ1n) is 7.42. The van der Waals surface area contributed by atoms with Crippen molar-refractivity contribution >= 4 is 27.4 Å². The molecule has 3 atom stereocenters. The van der Waals surface area contributed by atoms with Crippen LogP contribution in [0.25, 0.3) is 0 Å². The van der Waals surface area contributed by atoms with Crippen LogP contribution in [-0.4, -0.2) is 37.0 Å². The van der Waals surface area contributed by atoms with Gasteiger partial charge in [-0.05, 0) is 38.3 Å². The highest BCUT2D eigenvalue weighted by Crippen LogP contribution is 2.37. The summed E-state index contributed by atoms with van der Waals surface area (Å²) in [6.07, 6.45) is -6.21. The quantitative estimate of drug-likeness (QED) is 0.815. The Hall–Kier alpha value is -1.48. The molecule has 0 amide bonds. The van der Waals surface area contributed by atoms with E-state index in [1.54, 1.807) is 0 Å². The molecule has 0 unspecified atom stereocenters. The zero-order valence-corrected chi connectivity index (χ0v) is 14.7. The fraction of sp³-hybridized carbons (Fsp3) is 0.533. The molecule has 0 bridgehead atoms. The molecule has 1 aromatic rings. The van der Waals surface area contributed by atoms with Crippen LogP contribution in [0.2, 0.25) is 5.02 Å². The zero-order valence-electron chi connectivity index (χ0n) is 13.1. The van der Waals surface area contributed by atoms with Gasteiger partial charge in [0.15, 0.2) is 15.9 Å². The van der Waals surface area contributed by atoms with Crippen molar-refractivity contribution in [1.29, 1.82) is 0 Å². The molecule has 25 heavy (non-hydrogen) atoms. The van der Waals surface area contributed by atoms with Crippen LogP contribution in [0, 0.1) is 5.92 Å². The smallest absolute Gasteiger partial charge is 0.425 e. The van der Waals surface area contributed by atoms with Gasteiger partial charge in [0.05, 0.1) is 21.1 Å². The molecule has 1 aromatic carbocycles. The average molecular weight is 401 g/mol. The minimum absolute atomic E-state index is 0.0165. The molecule has 0 heterocycles. The lowest BCUT2D eigenvalue weighted by Crippen LogP contribution is -2.31. The standard InChI is InChI=1S/C15H16ClF3O5S/c1-8(15(17,18)19)24-10-3-5-13(12(16)7-10)25(22,23)11-4-2-9(6-11)14(20)21/h3,5,7-9,11H,2,4,6H2,1H3,(H,20,21)/t8-,9-,11-/m0/s1. The van der Waals surface area contributed by atoms with E-state index in [-0.39, 0.29) is 34.9 Å². The van der Waals surface area contributed by atoms with Gasteiger partial charge in [0.1, 0.15) is 5.75 Å². The second kappa shape index (κ2) is 7.03. The maximum Gasteiger partial charge on any atom is 0.425 e. The lowest BCUT2D eigenvalue weighted by molar-refractivity contribution is -0.189. The molecule has 0 radical (unpaired) electrons. The number of halogens is 4. The van der Waals surface area contributed by atoms with Crippen molar-refractivity contribution in [3.8, 4) is 5.75 Å². The molecule has 5 nitrogen and oxygen atoms in total. The Kier molecular flexibility index (Phi) is 5.58. The Balaban J connectivity index is 2.21. The summed E-state index contributed by atoms with van der Waals surface area (Å²) >= 11 is 5.93. The second-order valence-electron chi connectivity index (χ2n) is 5.91. The van der Waals surface area contributed by atoms with Crippen molar-refractivity contribution in [1.82, 2.24) is 0 Å². The molecule has 10 heteroatoms. The summed E-state index contributed by atoms with van der Waals surface area (Å²) < 4.78 is 67.5. The molecule has 1 aliphatic rings. The molecular formula is C15H16ClF3O5S. The normalized spacial score (nSPS) is 22.6. The van der Waals surface area contributed by atoms with Crippen molar-refractivity contribution in [2.75, 3.05) is 0 Å². The molecule has 0 aromatic heterocycles. The first-order chi connectivity index (χ1) is 11.4. The van der Waals surface area contributed by atoms with Crippen LogP contribution in [0.1, 0.15) is 26.2 Å². The molecule has 1 N–H and O–H groups in total. The monoisotopic (exact) mass is 400 g/mol.